The van der Waals surface area contributed by atoms with E-state index in [1.165, 1.54) is 10.6 Å². The van der Waals surface area contributed by atoms with Gasteiger partial charge in [-0.25, -0.2) is 12.7 Å². The first-order valence-electron chi connectivity index (χ1n) is 9.32. The molecule has 0 fully saturated rings. The zero-order valence-electron chi connectivity index (χ0n) is 15.9. The first-order chi connectivity index (χ1) is 12.8. The second-order valence-corrected chi connectivity index (χ2v) is 8.62. The summed E-state index contributed by atoms with van der Waals surface area (Å²) < 4.78 is 30.7. The number of sulfonamides is 1. The number of para-hydroxylation sites is 1. The van der Waals surface area contributed by atoms with Gasteiger partial charge in [0.05, 0.1) is 12.4 Å². The third-order valence-corrected chi connectivity index (χ3v) is 5.45. The zero-order chi connectivity index (χ0) is 20.1. The lowest BCUT2D eigenvalue weighted by Gasteiger charge is -2.20. The molecule has 0 aliphatic heterocycles. The van der Waals surface area contributed by atoms with Crippen molar-refractivity contribution in [1.29, 1.82) is 0 Å². The van der Waals surface area contributed by atoms with Gasteiger partial charge in [-0.3, -0.25) is 4.79 Å². The highest BCUT2D eigenvalue weighted by atomic mass is 32.2. The molecule has 2 N–H and O–H groups in total. The van der Waals surface area contributed by atoms with Crippen LogP contribution in [0.4, 0.5) is 0 Å². The van der Waals surface area contributed by atoms with Crippen molar-refractivity contribution in [3.05, 3.63) is 30.3 Å². The molecule has 8 heteroatoms. The summed E-state index contributed by atoms with van der Waals surface area (Å²) >= 11 is 0. The van der Waals surface area contributed by atoms with Crippen molar-refractivity contribution in [3.63, 3.8) is 0 Å². The van der Waals surface area contributed by atoms with Gasteiger partial charge in [0.15, 0.2) is 0 Å². The second kappa shape index (κ2) is 12.7. The third kappa shape index (κ3) is 11.6. The van der Waals surface area contributed by atoms with Crippen molar-refractivity contribution in [1.82, 2.24) is 4.31 Å². The number of nitrogens with zero attached hydrogens (tertiary/aromatic N) is 1. The molecule has 0 aromatic heterocycles. The lowest BCUT2D eigenvalue weighted by atomic mass is 10.1. The number of hydrogen-bond donors (Lipinski definition) is 2. The number of carboxylic acid groups (broad SMARTS) is 1. The van der Waals surface area contributed by atoms with Crippen LogP contribution in [0.25, 0.3) is 0 Å². The number of carbonyl (C=O) groups is 1. The quantitative estimate of drug-likeness (QED) is 0.438. The van der Waals surface area contributed by atoms with Gasteiger partial charge in [-0.2, -0.15) is 0 Å². The van der Waals surface area contributed by atoms with Crippen molar-refractivity contribution < 1.29 is 28.2 Å². The highest BCUT2D eigenvalue weighted by molar-refractivity contribution is 7.88. The molecule has 0 aliphatic carbocycles. The Labute approximate surface area is 162 Å². The monoisotopic (exact) mass is 401 g/mol. The fraction of sp³-hybridized carbons (Fsp3) is 0.632. The van der Waals surface area contributed by atoms with Crippen LogP contribution in [0.15, 0.2) is 30.3 Å². The summed E-state index contributed by atoms with van der Waals surface area (Å²) in [6.07, 6.45) is 4.58. The molecule has 0 amide bonds. The SMILES string of the molecule is CS(=O)(=O)N(CCCCCCC(=O)O)CCCC(O)COc1ccccc1. The lowest BCUT2D eigenvalue weighted by Crippen LogP contribution is -2.32. The summed E-state index contributed by atoms with van der Waals surface area (Å²) in [6.45, 7) is 0.950. The van der Waals surface area contributed by atoms with Crippen LogP contribution in [0.2, 0.25) is 0 Å². The van der Waals surface area contributed by atoms with Gasteiger partial charge in [0.25, 0.3) is 0 Å². The smallest absolute Gasteiger partial charge is 0.303 e. The van der Waals surface area contributed by atoms with Crippen molar-refractivity contribution in [3.8, 4) is 5.75 Å². The predicted octanol–water partition coefficient (Wildman–Crippen LogP) is 2.50. The number of carboxylic acids is 1. The molecular formula is C19H31NO6S. The van der Waals surface area contributed by atoms with Gasteiger partial charge in [-0.15, -0.1) is 0 Å². The van der Waals surface area contributed by atoms with Crippen LogP contribution in [0, 0.1) is 0 Å². The molecule has 0 heterocycles. The van der Waals surface area contributed by atoms with Crippen LogP contribution >= 0.6 is 0 Å². The summed E-state index contributed by atoms with van der Waals surface area (Å²) in [5.74, 6) is -0.111. The van der Waals surface area contributed by atoms with E-state index >= 15 is 0 Å². The normalized spacial score (nSPS) is 12.9. The zero-order valence-corrected chi connectivity index (χ0v) is 16.7. The molecule has 1 rings (SSSR count). The summed E-state index contributed by atoms with van der Waals surface area (Å²) in [5.41, 5.74) is 0. The van der Waals surface area contributed by atoms with Crippen LogP contribution < -0.4 is 4.74 Å². The van der Waals surface area contributed by atoms with Crippen LogP contribution in [0.1, 0.15) is 44.9 Å². The molecule has 27 heavy (non-hydrogen) atoms. The highest BCUT2D eigenvalue weighted by Gasteiger charge is 2.16. The average Bonchev–Trinajstić information content (AvgIpc) is 2.61. The molecule has 0 saturated heterocycles. The average molecular weight is 402 g/mol. The van der Waals surface area contributed by atoms with Crippen LogP contribution in [0.3, 0.4) is 0 Å². The number of aliphatic hydroxyl groups is 1. The summed E-state index contributed by atoms with van der Waals surface area (Å²) in [6, 6.07) is 9.22. The van der Waals surface area contributed by atoms with E-state index in [2.05, 4.69) is 0 Å². The molecule has 1 unspecified atom stereocenters. The Balaban J connectivity index is 2.24. The van der Waals surface area contributed by atoms with Gasteiger partial charge in [0.2, 0.25) is 10.0 Å². The van der Waals surface area contributed by atoms with Gasteiger partial charge < -0.3 is 14.9 Å². The van der Waals surface area contributed by atoms with E-state index in [0.29, 0.717) is 44.5 Å². The molecule has 154 valence electrons. The van der Waals surface area contributed by atoms with E-state index in [0.717, 1.165) is 12.8 Å². The van der Waals surface area contributed by atoms with Crippen molar-refractivity contribution in [2.75, 3.05) is 26.0 Å². The molecule has 1 aromatic carbocycles. The Morgan fingerprint density at radius 3 is 2.33 bits per heavy atom. The number of unbranched alkanes of at least 4 members (excludes halogenated alkanes) is 3. The number of hydrogen-bond acceptors (Lipinski definition) is 5. The molecule has 1 aromatic rings. The maximum absolute atomic E-state index is 11.9. The minimum absolute atomic E-state index is 0.152. The largest absolute Gasteiger partial charge is 0.491 e. The number of benzene rings is 1. The van der Waals surface area contributed by atoms with Gasteiger partial charge in [0, 0.05) is 19.5 Å². The van der Waals surface area contributed by atoms with E-state index in [-0.39, 0.29) is 13.0 Å². The Hall–Kier alpha value is -1.64. The molecule has 1 atom stereocenters. The molecule has 0 saturated carbocycles. The van der Waals surface area contributed by atoms with Crippen molar-refractivity contribution >= 4 is 16.0 Å². The number of rotatable bonds is 15. The van der Waals surface area contributed by atoms with Gasteiger partial charge >= 0.3 is 5.97 Å². The molecule has 0 aliphatic rings. The van der Waals surface area contributed by atoms with Crippen LogP contribution in [-0.4, -0.2) is 61.0 Å². The van der Waals surface area contributed by atoms with Crippen LogP contribution in [0.5, 0.6) is 5.75 Å². The van der Waals surface area contributed by atoms with E-state index in [1.807, 2.05) is 30.3 Å². The van der Waals surface area contributed by atoms with Gasteiger partial charge in [0.1, 0.15) is 12.4 Å². The second-order valence-electron chi connectivity index (χ2n) is 6.64. The minimum Gasteiger partial charge on any atom is -0.491 e. The standard InChI is InChI=1S/C19H31NO6S/c1-27(24,25)20(14-8-3-2-7-13-19(22)23)15-9-10-17(21)16-26-18-11-5-4-6-12-18/h4-6,11-12,17,21H,2-3,7-10,13-16H2,1H3,(H,22,23). The minimum atomic E-state index is -3.30. The Bertz CT molecular complexity index is 635. The lowest BCUT2D eigenvalue weighted by molar-refractivity contribution is -0.137. The maximum Gasteiger partial charge on any atom is 0.303 e. The predicted molar refractivity (Wildman–Crippen MR) is 104 cm³/mol. The van der Waals surface area contributed by atoms with Crippen molar-refractivity contribution in [2.45, 2.75) is 51.0 Å². The number of ether oxygens (including phenoxy) is 1. The van der Waals surface area contributed by atoms with E-state index in [1.54, 1.807) is 0 Å². The van der Waals surface area contributed by atoms with Gasteiger partial charge in [-0.1, -0.05) is 31.0 Å². The fourth-order valence-electron chi connectivity index (χ4n) is 2.66. The Morgan fingerprint density at radius 2 is 1.70 bits per heavy atom. The van der Waals surface area contributed by atoms with Crippen molar-refractivity contribution in [2.24, 2.45) is 0 Å². The van der Waals surface area contributed by atoms with Gasteiger partial charge in [-0.05, 0) is 37.8 Å². The number of aliphatic carboxylic acids is 1. The Morgan fingerprint density at radius 1 is 1.07 bits per heavy atom. The Kier molecular flexibility index (Phi) is 11.0. The summed E-state index contributed by atoms with van der Waals surface area (Å²) in [5, 5.41) is 18.6. The third-order valence-electron chi connectivity index (χ3n) is 4.15. The summed E-state index contributed by atoms with van der Waals surface area (Å²) in [7, 11) is -3.30. The molecule has 0 bridgehead atoms. The van der Waals surface area contributed by atoms with Crippen LogP contribution in [-0.2, 0) is 14.8 Å². The maximum atomic E-state index is 11.9. The topological polar surface area (TPSA) is 104 Å². The molecular weight excluding hydrogens is 370 g/mol. The number of aliphatic hydroxyl groups excluding tert-OH is 1. The van der Waals surface area contributed by atoms with E-state index in [4.69, 9.17) is 9.84 Å². The molecule has 7 nitrogen and oxygen atoms in total. The van der Waals surface area contributed by atoms with E-state index < -0.39 is 22.1 Å². The summed E-state index contributed by atoms with van der Waals surface area (Å²) in [4.78, 5) is 10.5. The fourth-order valence-corrected chi connectivity index (χ4v) is 3.58. The van der Waals surface area contributed by atoms with E-state index in [9.17, 15) is 18.3 Å². The first-order valence-corrected chi connectivity index (χ1v) is 11.2. The first kappa shape index (κ1) is 23.4. The molecule has 0 radical (unpaired) electrons. The highest BCUT2D eigenvalue weighted by Crippen LogP contribution is 2.11. The molecule has 0 spiro atoms.